The third kappa shape index (κ3) is 4.75. The van der Waals surface area contributed by atoms with E-state index in [2.05, 4.69) is 29.1 Å². The van der Waals surface area contributed by atoms with Crippen molar-refractivity contribution in [3.8, 4) is 5.69 Å². The molecule has 0 unspecified atom stereocenters. The first-order valence-electron chi connectivity index (χ1n) is 11.8. The lowest BCUT2D eigenvalue weighted by atomic mass is 9.93. The van der Waals surface area contributed by atoms with Crippen LogP contribution in [0.3, 0.4) is 0 Å². The van der Waals surface area contributed by atoms with Crippen LogP contribution in [0.5, 0.6) is 0 Å². The second-order valence-corrected chi connectivity index (χ2v) is 11.5. The molecule has 3 heterocycles. The van der Waals surface area contributed by atoms with Crippen LogP contribution in [0, 0.1) is 18.7 Å². The summed E-state index contributed by atoms with van der Waals surface area (Å²) in [5.74, 6) is 0.280. The van der Waals surface area contributed by atoms with E-state index in [1.165, 1.54) is 18.4 Å². The average molecular weight is 487 g/mol. The van der Waals surface area contributed by atoms with Gasteiger partial charge in [-0.05, 0) is 73.2 Å². The molecule has 7 nitrogen and oxygen atoms in total. The molecule has 3 aromatic rings. The molecule has 0 amide bonds. The van der Waals surface area contributed by atoms with Gasteiger partial charge < -0.3 is 4.74 Å². The Labute approximate surface area is 200 Å². The summed E-state index contributed by atoms with van der Waals surface area (Å²) in [4.78, 5) is 2.45. The highest BCUT2D eigenvalue weighted by Crippen LogP contribution is 2.34. The number of rotatable bonds is 5. The Balaban J connectivity index is 1.50. The fourth-order valence-electron chi connectivity index (χ4n) is 5.21. The van der Waals surface area contributed by atoms with Crippen molar-refractivity contribution in [2.45, 2.75) is 25.8 Å². The summed E-state index contributed by atoms with van der Waals surface area (Å²) in [6.45, 7) is 6.28. The fourth-order valence-corrected chi connectivity index (χ4v) is 6.04. The summed E-state index contributed by atoms with van der Waals surface area (Å²) in [6.07, 6.45) is 5.20. The Kier molecular flexibility index (Phi) is 6.45. The molecule has 0 saturated carbocycles. The van der Waals surface area contributed by atoms with Crippen LogP contribution in [-0.2, 0) is 14.8 Å². The summed E-state index contributed by atoms with van der Waals surface area (Å²) in [5.41, 5.74) is 3.96. The number of hydrogen-bond acceptors (Lipinski definition) is 5. The minimum absolute atomic E-state index is 0.0232. The van der Waals surface area contributed by atoms with Gasteiger partial charge in [-0.15, -0.1) is 0 Å². The molecule has 2 aliphatic rings. The molecule has 2 fully saturated rings. The van der Waals surface area contributed by atoms with Gasteiger partial charge in [-0.1, -0.05) is 0 Å². The van der Waals surface area contributed by atoms with Crippen molar-refractivity contribution in [2.24, 2.45) is 5.92 Å². The van der Waals surface area contributed by atoms with Crippen molar-refractivity contribution >= 4 is 20.9 Å². The first-order valence-corrected chi connectivity index (χ1v) is 13.7. The minimum atomic E-state index is -3.27. The lowest BCUT2D eigenvalue weighted by Gasteiger charge is -2.43. The third-order valence-corrected chi connectivity index (χ3v) is 8.41. The van der Waals surface area contributed by atoms with E-state index in [9.17, 15) is 12.8 Å². The highest BCUT2D eigenvalue weighted by atomic mass is 32.2. The number of nitrogens with zero attached hydrogens (tertiary/aromatic N) is 4. The number of halogens is 1. The first kappa shape index (κ1) is 23.4. The molecule has 2 aromatic carbocycles. The van der Waals surface area contributed by atoms with Crippen molar-refractivity contribution in [1.29, 1.82) is 0 Å². The molecule has 0 aliphatic carbocycles. The normalized spacial score (nSPS) is 21.3. The van der Waals surface area contributed by atoms with E-state index >= 15 is 0 Å². The van der Waals surface area contributed by atoms with Crippen LogP contribution in [0.4, 0.5) is 4.39 Å². The number of aromatic nitrogens is 2. The van der Waals surface area contributed by atoms with E-state index in [4.69, 9.17) is 4.74 Å². The van der Waals surface area contributed by atoms with Gasteiger partial charge in [-0.25, -0.2) is 17.5 Å². The lowest BCUT2D eigenvalue weighted by Crippen LogP contribution is -2.51. The molecular weight excluding hydrogens is 455 g/mol. The van der Waals surface area contributed by atoms with Crippen molar-refractivity contribution in [1.82, 2.24) is 19.0 Å². The van der Waals surface area contributed by atoms with Gasteiger partial charge >= 0.3 is 0 Å². The van der Waals surface area contributed by atoms with Gasteiger partial charge in [0.25, 0.3) is 0 Å². The molecule has 34 heavy (non-hydrogen) atoms. The molecule has 1 aromatic heterocycles. The van der Waals surface area contributed by atoms with Crippen molar-refractivity contribution in [3.63, 3.8) is 0 Å². The van der Waals surface area contributed by atoms with Gasteiger partial charge in [-0.2, -0.15) is 9.40 Å². The minimum Gasteiger partial charge on any atom is -0.381 e. The maximum absolute atomic E-state index is 13.4. The predicted molar refractivity (Wildman–Crippen MR) is 130 cm³/mol. The highest BCUT2D eigenvalue weighted by Gasteiger charge is 2.34. The molecule has 2 aliphatic heterocycles. The van der Waals surface area contributed by atoms with Gasteiger partial charge in [0.2, 0.25) is 10.0 Å². The molecule has 5 rings (SSSR count). The van der Waals surface area contributed by atoms with Crippen LogP contribution < -0.4 is 0 Å². The Morgan fingerprint density at radius 2 is 1.85 bits per heavy atom. The maximum atomic E-state index is 13.4. The first-order chi connectivity index (χ1) is 16.3. The van der Waals surface area contributed by atoms with Crippen molar-refractivity contribution in [3.05, 3.63) is 59.5 Å². The average Bonchev–Trinajstić information content (AvgIpc) is 3.22. The summed E-state index contributed by atoms with van der Waals surface area (Å²) in [5, 5.41) is 5.53. The van der Waals surface area contributed by atoms with E-state index < -0.39 is 10.0 Å². The molecule has 0 bridgehead atoms. The summed E-state index contributed by atoms with van der Waals surface area (Å²) < 4.78 is 47.1. The van der Waals surface area contributed by atoms with Gasteiger partial charge in [0.1, 0.15) is 5.82 Å². The van der Waals surface area contributed by atoms with E-state index in [1.54, 1.807) is 16.4 Å². The molecule has 2 saturated heterocycles. The molecule has 182 valence electrons. The van der Waals surface area contributed by atoms with E-state index in [0.717, 1.165) is 60.3 Å². The fraction of sp³-hybridized carbons (Fsp3) is 0.480. The van der Waals surface area contributed by atoms with E-state index in [-0.39, 0.29) is 11.9 Å². The number of fused-ring (bicyclic) bond motifs is 1. The largest absolute Gasteiger partial charge is 0.381 e. The standard InChI is InChI=1S/C25H31FN4O3S/c1-18-13-24-20(15-27-30(24)22-5-3-21(26)4-6-22)14-23(18)25-17-29(34(2,31)32)10-9-28(25)16-19-7-11-33-12-8-19/h3-6,13-15,19,25H,7-12,16-17H2,1-2H3/t25-/m0/s1. The highest BCUT2D eigenvalue weighted by molar-refractivity contribution is 7.88. The van der Waals surface area contributed by atoms with Gasteiger partial charge in [-0.3, -0.25) is 4.90 Å². The number of piperazine rings is 1. The zero-order valence-corrected chi connectivity index (χ0v) is 20.5. The van der Waals surface area contributed by atoms with Crippen LogP contribution in [-0.4, -0.2) is 73.1 Å². The number of sulfonamides is 1. The van der Waals surface area contributed by atoms with Crippen LogP contribution >= 0.6 is 0 Å². The Morgan fingerprint density at radius 1 is 1.12 bits per heavy atom. The van der Waals surface area contributed by atoms with Crippen molar-refractivity contribution in [2.75, 3.05) is 45.6 Å². The molecule has 0 spiro atoms. The third-order valence-electron chi connectivity index (χ3n) is 7.14. The van der Waals surface area contributed by atoms with Crippen LogP contribution in [0.15, 0.2) is 42.6 Å². The Bertz CT molecular complexity index is 1270. The van der Waals surface area contributed by atoms with Crippen molar-refractivity contribution < 1.29 is 17.5 Å². The number of ether oxygens (including phenoxy) is 1. The topological polar surface area (TPSA) is 67.7 Å². The van der Waals surface area contributed by atoms with Crippen LogP contribution in [0.2, 0.25) is 0 Å². The second-order valence-electron chi connectivity index (χ2n) is 9.49. The summed E-state index contributed by atoms with van der Waals surface area (Å²) >= 11 is 0. The Morgan fingerprint density at radius 3 is 2.56 bits per heavy atom. The van der Waals surface area contributed by atoms with Gasteiger partial charge in [0.15, 0.2) is 0 Å². The molecule has 0 radical (unpaired) electrons. The van der Waals surface area contributed by atoms with Crippen LogP contribution in [0.1, 0.15) is 30.0 Å². The molecule has 9 heteroatoms. The summed E-state index contributed by atoms with van der Waals surface area (Å²) in [7, 11) is -3.27. The quantitative estimate of drug-likeness (QED) is 0.552. The number of hydrogen-bond donors (Lipinski definition) is 0. The second kappa shape index (κ2) is 9.37. The smallest absolute Gasteiger partial charge is 0.211 e. The van der Waals surface area contributed by atoms with Gasteiger partial charge in [0.05, 0.1) is 23.7 Å². The molecule has 1 atom stereocenters. The number of benzene rings is 2. The monoisotopic (exact) mass is 486 g/mol. The van der Waals surface area contributed by atoms with E-state index in [1.807, 2.05) is 10.9 Å². The SMILES string of the molecule is Cc1cc2c(cnn2-c2ccc(F)cc2)cc1[C@@H]1CN(S(C)(=O)=O)CCN1CC1CCOCC1. The zero-order chi connectivity index (χ0) is 23.9. The van der Waals surface area contributed by atoms with Gasteiger partial charge in [0, 0.05) is 50.8 Å². The van der Waals surface area contributed by atoms with E-state index in [0.29, 0.717) is 25.6 Å². The maximum Gasteiger partial charge on any atom is 0.211 e. The predicted octanol–water partition coefficient (Wildman–Crippen LogP) is 3.52. The molecule has 0 N–H and O–H groups in total. The summed E-state index contributed by atoms with van der Waals surface area (Å²) in [6, 6.07) is 10.5. The lowest BCUT2D eigenvalue weighted by molar-refractivity contribution is 0.0334. The van der Waals surface area contributed by atoms with Crippen LogP contribution in [0.25, 0.3) is 16.6 Å². The zero-order valence-electron chi connectivity index (χ0n) is 19.7. The Hall–Kier alpha value is -2.33. The molecular formula is C25H31FN4O3S. The number of aryl methyl sites for hydroxylation is 1.